The van der Waals surface area contributed by atoms with Crippen molar-refractivity contribution < 1.29 is 18.8 Å². The number of carbonyl (C=O) groups is 1. The standard InChI is InChI=1S/C18H29N3O4S/c1-12(2)16(17(22)19-23)18(26(24)25)21-9-7-20(8-10-21)15-6-5-13(3)11-14(15)4/h5-6,11-12,16,18,23H,7-10H2,1-4H3,(H,19,22)(H,24,25). The summed E-state index contributed by atoms with van der Waals surface area (Å²) in [5, 5.41) is 8.18. The Morgan fingerprint density at radius 1 is 1.19 bits per heavy atom. The predicted molar refractivity (Wildman–Crippen MR) is 103 cm³/mol. The molecule has 1 fully saturated rings. The molecule has 26 heavy (non-hydrogen) atoms. The van der Waals surface area contributed by atoms with Gasteiger partial charge in [0.15, 0.2) is 11.1 Å². The molecule has 8 heteroatoms. The van der Waals surface area contributed by atoms with Crippen LogP contribution in [0.5, 0.6) is 0 Å². The van der Waals surface area contributed by atoms with Crippen LogP contribution < -0.4 is 10.4 Å². The second-order valence-electron chi connectivity index (χ2n) is 7.23. The Morgan fingerprint density at radius 2 is 1.81 bits per heavy atom. The van der Waals surface area contributed by atoms with Crippen LogP contribution in [-0.2, 0) is 15.9 Å². The fraction of sp³-hybridized carbons (Fsp3) is 0.611. The van der Waals surface area contributed by atoms with Gasteiger partial charge in [-0.15, -0.1) is 0 Å². The molecular formula is C18H29N3O4S. The van der Waals surface area contributed by atoms with Gasteiger partial charge in [0.2, 0.25) is 5.91 Å². The largest absolute Gasteiger partial charge is 0.369 e. The summed E-state index contributed by atoms with van der Waals surface area (Å²) in [4.78, 5) is 16.2. The molecule has 146 valence electrons. The van der Waals surface area contributed by atoms with Gasteiger partial charge in [-0.05, 0) is 31.4 Å². The molecule has 2 rings (SSSR count). The zero-order valence-electron chi connectivity index (χ0n) is 15.8. The number of benzene rings is 1. The van der Waals surface area contributed by atoms with Crippen LogP contribution in [0.1, 0.15) is 25.0 Å². The summed E-state index contributed by atoms with van der Waals surface area (Å²) in [6, 6.07) is 6.34. The summed E-state index contributed by atoms with van der Waals surface area (Å²) < 4.78 is 21.8. The van der Waals surface area contributed by atoms with Crippen molar-refractivity contribution in [3.63, 3.8) is 0 Å². The van der Waals surface area contributed by atoms with Gasteiger partial charge in [-0.3, -0.25) is 14.9 Å². The van der Waals surface area contributed by atoms with E-state index in [-0.39, 0.29) is 5.92 Å². The maximum atomic E-state index is 12.1. The third kappa shape index (κ3) is 4.62. The van der Waals surface area contributed by atoms with Crippen molar-refractivity contribution in [1.29, 1.82) is 0 Å². The number of hydrogen-bond acceptors (Lipinski definition) is 5. The van der Waals surface area contributed by atoms with E-state index in [1.165, 1.54) is 16.8 Å². The highest BCUT2D eigenvalue weighted by molar-refractivity contribution is 7.79. The Hall–Kier alpha value is -1.48. The van der Waals surface area contributed by atoms with Gasteiger partial charge < -0.3 is 9.45 Å². The number of nitrogens with zero attached hydrogens (tertiary/aromatic N) is 2. The summed E-state index contributed by atoms with van der Waals surface area (Å²) in [6.07, 6.45) is 0. The Labute approximate surface area is 157 Å². The Balaban J connectivity index is 2.14. The maximum Gasteiger partial charge on any atom is 0.249 e. The first-order valence-electron chi connectivity index (χ1n) is 8.86. The first-order valence-corrected chi connectivity index (χ1v) is 10.0. The van der Waals surface area contributed by atoms with Crippen LogP contribution in [0.3, 0.4) is 0 Å². The summed E-state index contributed by atoms with van der Waals surface area (Å²) >= 11 is -2.20. The number of aryl methyl sites for hydroxylation is 2. The molecule has 1 saturated heterocycles. The first kappa shape index (κ1) is 20.8. The molecule has 1 aromatic carbocycles. The van der Waals surface area contributed by atoms with Crippen molar-refractivity contribution in [3.05, 3.63) is 29.3 Å². The van der Waals surface area contributed by atoms with Gasteiger partial charge in [0.05, 0.1) is 5.92 Å². The summed E-state index contributed by atoms with van der Waals surface area (Å²) in [5.41, 5.74) is 5.25. The van der Waals surface area contributed by atoms with Crippen LogP contribution in [0, 0.1) is 25.7 Å². The summed E-state index contributed by atoms with van der Waals surface area (Å²) in [5.74, 6) is -1.57. The van der Waals surface area contributed by atoms with Gasteiger partial charge in [-0.1, -0.05) is 31.5 Å². The highest BCUT2D eigenvalue weighted by Gasteiger charge is 2.40. The molecule has 0 aromatic heterocycles. The molecule has 0 bridgehead atoms. The van der Waals surface area contributed by atoms with Gasteiger partial charge in [0.1, 0.15) is 5.37 Å². The molecule has 3 unspecified atom stereocenters. The van der Waals surface area contributed by atoms with Gasteiger partial charge >= 0.3 is 0 Å². The lowest BCUT2D eigenvalue weighted by atomic mass is 9.93. The molecule has 1 amide bonds. The van der Waals surface area contributed by atoms with E-state index in [2.05, 4.69) is 36.9 Å². The Kier molecular flexibility index (Phi) is 7.16. The van der Waals surface area contributed by atoms with Gasteiger partial charge in [-0.25, -0.2) is 9.69 Å². The minimum atomic E-state index is -2.20. The fourth-order valence-corrected chi connectivity index (χ4v) is 4.85. The quantitative estimate of drug-likeness (QED) is 0.394. The van der Waals surface area contributed by atoms with Crippen molar-refractivity contribution in [2.45, 2.75) is 33.1 Å². The zero-order chi connectivity index (χ0) is 19.4. The van der Waals surface area contributed by atoms with Crippen molar-refractivity contribution in [2.24, 2.45) is 11.8 Å². The Bertz CT molecular complexity index is 660. The number of rotatable bonds is 6. The van der Waals surface area contributed by atoms with Crippen molar-refractivity contribution >= 4 is 22.7 Å². The molecule has 1 heterocycles. The number of hydroxylamine groups is 1. The highest BCUT2D eigenvalue weighted by atomic mass is 32.2. The molecule has 0 saturated carbocycles. The molecule has 1 aliphatic rings. The van der Waals surface area contributed by atoms with Gasteiger partial charge in [0.25, 0.3) is 0 Å². The van der Waals surface area contributed by atoms with Crippen LogP contribution in [0.2, 0.25) is 0 Å². The molecule has 0 spiro atoms. The van der Waals surface area contributed by atoms with E-state index in [9.17, 15) is 13.6 Å². The zero-order valence-corrected chi connectivity index (χ0v) is 16.6. The number of anilines is 1. The van der Waals surface area contributed by atoms with E-state index in [0.29, 0.717) is 26.2 Å². The van der Waals surface area contributed by atoms with Gasteiger partial charge in [-0.2, -0.15) is 0 Å². The fourth-order valence-electron chi connectivity index (χ4n) is 3.69. The maximum absolute atomic E-state index is 12.1. The van der Waals surface area contributed by atoms with Crippen LogP contribution in [0.15, 0.2) is 18.2 Å². The van der Waals surface area contributed by atoms with E-state index in [4.69, 9.17) is 5.21 Å². The predicted octanol–water partition coefficient (Wildman–Crippen LogP) is 1.75. The van der Waals surface area contributed by atoms with Gasteiger partial charge in [0, 0.05) is 31.9 Å². The van der Waals surface area contributed by atoms with Crippen molar-refractivity contribution in [3.8, 4) is 0 Å². The number of nitrogens with one attached hydrogen (secondary N) is 1. The number of piperazine rings is 1. The van der Waals surface area contributed by atoms with Crippen LogP contribution in [0.25, 0.3) is 0 Å². The Morgan fingerprint density at radius 3 is 2.27 bits per heavy atom. The summed E-state index contributed by atoms with van der Waals surface area (Å²) in [7, 11) is 0. The van der Waals surface area contributed by atoms with E-state index in [1.807, 2.05) is 18.7 Å². The average molecular weight is 384 g/mol. The smallest absolute Gasteiger partial charge is 0.249 e. The minimum Gasteiger partial charge on any atom is -0.369 e. The lowest BCUT2D eigenvalue weighted by molar-refractivity contribution is -0.136. The topological polar surface area (TPSA) is 93.1 Å². The second kappa shape index (κ2) is 8.94. The van der Waals surface area contributed by atoms with Crippen molar-refractivity contribution in [2.75, 3.05) is 31.1 Å². The van der Waals surface area contributed by atoms with Crippen LogP contribution in [0.4, 0.5) is 5.69 Å². The van der Waals surface area contributed by atoms with E-state index in [1.54, 1.807) is 5.48 Å². The van der Waals surface area contributed by atoms with Crippen LogP contribution >= 0.6 is 0 Å². The molecule has 1 aromatic rings. The lowest BCUT2D eigenvalue weighted by Gasteiger charge is -2.42. The molecule has 0 aliphatic carbocycles. The average Bonchev–Trinajstić information content (AvgIpc) is 2.58. The molecular weight excluding hydrogens is 354 g/mol. The monoisotopic (exact) mass is 383 g/mol. The molecule has 3 N–H and O–H groups in total. The van der Waals surface area contributed by atoms with E-state index >= 15 is 0 Å². The molecule has 3 atom stereocenters. The normalized spacial score (nSPS) is 19.3. The molecule has 0 radical (unpaired) electrons. The third-order valence-corrected chi connectivity index (χ3v) is 6.02. The van der Waals surface area contributed by atoms with Crippen LogP contribution in [-0.4, -0.2) is 56.3 Å². The molecule has 1 aliphatic heterocycles. The van der Waals surface area contributed by atoms with E-state index in [0.717, 1.165) is 0 Å². The minimum absolute atomic E-state index is 0.180. The second-order valence-corrected chi connectivity index (χ2v) is 8.26. The third-order valence-electron chi connectivity index (χ3n) is 5.01. The number of carbonyl (C=O) groups excluding carboxylic acids is 1. The number of hydrogen-bond donors (Lipinski definition) is 3. The first-order chi connectivity index (χ1) is 12.3. The van der Waals surface area contributed by atoms with E-state index < -0.39 is 28.3 Å². The highest BCUT2D eigenvalue weighted by Crippen LogP contribution is 2.27. The van der Waals surface area contributed by atoms with Crippen molar-refractivity contribution in [1.82, 2.24) is 10.4 Å². The SMILES string of the molecule is Cc1ccc(N2CCN(C(C(C(=O)NO)C(C)C)S(=O)O)CC2)c(C)c1. The lowest BCUT2D eigenvalue weighted by Crippen LogP contribution is -2.57. The molecule has 7 nitrogen and oxygen atoms in total. The number of amides is 1. The summed E-state index contributed by atoms with van der Waals surface area (Å²) in [6.45, 7) is 10.3.